The number of amides is 1. The van der Waals surface area contributed by atoms with Crippen molar-refractivity contribution in [1.82, 2.24) is 4.31 Å². The molecular weight excluding hydrogens is 366 g/mol. The highest BCUT2D eigenvalue weighted by Gasteiger charge is 2.26. The summed E-state index contributed by atoms with van der Waals surface area (Å²) in [6.07, 6.45) is 0. The van der Waals surface area contributed by atoms with Gasteiger partial charge >= 0.3 is 0 Å². The Kier molecular flexibility index (Phi) is 6.81. The minimum Gasteiger partial charge on any atom is -0.492 e. The monoisotopic (exact) mass is 391 g/mol. The summed E-state index contributed by atoms with van der Waals surface area (Å²) in [5.41, 5.74) is 6.97. The number of nitrogens with one attached hydrogen (secondary N) is 1. The Labute approximate surface area is 160 Å². The summed E-state index contributed by atoms with van der Waals surface area (Å²) in [4.78, 5) is 12.4. The van der Waals surface area contributed by atoms with Crippen LogP contribution in [0.25, 0.3) is 0 Å². The number of nitrogen functional groups attached to an aromatic ring is 1. The molecule has 0 unspecified atom stereocenters. The first-order chi connectivity index (χ1) is 12.8. The highest BCUT2D eigenvalue weighted by atomic mass is 32.2. The summed E-state index contributed by atoms with van der Waals surface area (Å²) in [6, 6.07) is 11.1. The standard InChI is InChI=1S/C19H25N3O4S/c1-4-22(5-2)27(24,25)18-13-16(11-12-17(18)26-6-3)21-19(23)14-7-9-15(20)10-8-14/h7-13H,4-6,20H2,1-3H3,(H,21,23). The Morgan fingerprint density at radius 2 is 1.70 bits per heavy atom. The molecule has 8 heteroatoms. The van der Waals surface area contributed by atoms with Gasteiger partial charge in [0.25, 0.3) is 5.91 Å². The number of hydrogen-bond donors (Lipinski definition) is 2. The van der Waals surface area contributed by atoms with Gasteiger partial charge in [0.15, 0.2) is 0 Å². The molecule has 0 saturated carbocycles. The molecule has 0 atom stereocenters. The van der Waals surface area contributed by atoms with Crippen molar-refractivity contribution < 1.29 is 17.9 Å². The van der Waals surface area contributed by atoms with E-state index in [-0.39, 0.29) is 16.6 Å². The Balaban J connectivity index is 2.39. The van der Waals surface area contributed by atoms with Crippen LogP contribution in [0.1, 0.15) is 31.1 Å². The minimum absolute atomic E-state index is 0.0307. The average molecular weight is 391 g/mol. The number of ether oxygens (including phenoxy) is 1. The minimum atomic E-state index is -3.74. The van der Waals surface area contributed by atoms with Crippen molar-refractivity contribution in [2.24, 2.45) is 0 Å². The van der Waals surface area contributed by atoms with Crippen LogP contribution in [0.2, 0.25) is 0 Å². The van der Waals surface area contributed by atoms with Crippen LogP contribution in [-0.2, 0) is 10.0 Å². The van der Waals surface area contributed by atoms with Gasteiger partial charge in [-0.05, 0) is 49.4 Å². The molecule has 2 rings (SSSR count). The summed E-state index contributed by atoms with van der Waals surface area (Å²) in [7, 11) is -3.74. The van der Waals surface area contributed by atoms with Crippen LogP contribution in [0.15, 0.2) is 47.4 Å². The first kappa shape index (κ1) is 20.7. The van der Waals surface area contributed by atoms with E-state index in [1.54, 1.807) is 57.2 Å². The number of nitrogens with zero attached hydrogens (tertiary/aromatic N) is 1. The Morgan fingerprint density at radius 3 is 2.26 bits per heavy atom. The van der Waals surface area contributed by atoms with Crippen molar-refractivity contribution in [3.8, 4) is 5.75 Å². The smallest absolute Gasteiger partial charge is 0.255 e. The lowest BCUT2D eigenvalue weighted by atomic mass is 10.2. The van der Waals surface area contributed by atoms with E-state index in [2.05, 4.69) is 5.32 Å². The third-order valence-electron chi connectivity index (χ3n) is 4.00. The van der Waals surface area contributed by atoms with Crippen LogP contribution in [0.3, 0.4) is 0 Å². The molecule has 0 aromatic heterocycles. The molecule has 0 aliphatic rings. The molecule has 27 heavy (non-hydrogen) atoms. The van der Waals surface area contributed by atoms with Gasteiger partial charge in [-0.1, -0.05) is 13.8 Å². The topological polar surface area (TPSA) is 102 Å². The quantitative estimate of drug-likeness (QED) is 0.674. The zero-order chi connectivity index (χ0) is 20.0. The number of nitrogens with two attached hydrogens (primary N) is 1. The van der Waals surface area contributed by atoms with Gasteiger partial charge in [0.1, 0.15) is 10.6 Å². The molecule has 7 nitrogen and oxygen atoms in total. The maximum Gasteiger partial charge on any atom is 0.255 e. The van der Waals surface area contributed by atoms with Crippen LogP contribution in [-0.4, -0.2) is 38.3 Å². The van der Waals surface area contributed by atoms with Gasteiger partial charge in [-0.25, -0.2) is 8.42 Å². The van der Waals surface area contributed by atoms with Crippen molar-refractivity contribution in [2.45, 2.75) is 25.7 Å². The molecule has 0 heterocycles. The Bertz CT molecular complexity index is 892. The average Bonchev–Trinajstić information content (AvgIpc) is 2.64. The fraction of sp³-hybridized carbons (Fsp3) is 0.316. The molecule has 2 aromatic carbocycles. The molecule has 0 aliphatic heterocycles. The number of carbonyl (C=O) groups excluding carboxylic acids is 1. The number of anilines is 2. The van der Waals surface area contributed by atoms with E-state index in [9.17, 15) is 13.2 Å². The molecule has 0 radical (unpaired) electrons. The molecule has 0 aliphatic carbocycles. The second-order valence-electron chi connectivity index (χ2n) is 5.76. The molecular formula is C19H25N3O4S. The van der Waals surface area contributed by atoms with Crippen molar-refractivity contribution in [1.29, 1.82) is 0 Å². The highest BCUT2D eigenvalue weighted by molar-refractivity contribution is 7.89. The van der Waals surface area contributed by atoms with E-state index in [1.165, 1.54) is 10.4 Å². The lowest BCUT2D eigenvalue weighted by molar-refractivity contribution is 0.102. The van der Waals surface area contributed by atoms with Gasteiger partial charge in [-0.3, -0.25) is 4.79 Å². The fourth-order valence-electron chi connectivity index (χ4n) is 2.60. The maximum atomic E-state index is 13.0. The number of sulfonamides is 1. The van der Waals surface area contributed by atoms with Gasteiger partial charge in [0.2, 0.25) is 10.0 Å². The predicted octanol–water partition coefficient (Wildman–Crippen LogP) is 2.95. The highest BCUT2D eigenvalue weighted by Crippen LogP contribution is 2.30. The molecule has 1 amide bonds. The molecule has 0 saturated heterocycles. The number of carbonyl (C=O) groups is 1. The second-order valence-corrected chi connectivity index (χ2v) is 7.67. The van der Waals surface area contributed by atoms with Crippen LogP contribution in [0.4, 0.5) is 11.4 Å². The van der Waals surface area contributed by atoms with E-state index in [0.29, 0.717) is 36.6 Å². The van der Waals surface area contributed by atoms with E-state index < -0.39 is 10.0 Å². The third-order valence-corrected chi connectivity index (χ3v) is 6.07. The van der Waals surface area contributed by atoms with Crippen molar-refractivity contribution in [3.05, 3.63) is 48.0 Å². The van der Waals surface area contributed by atoms with E-state index >= 15 is 0 Å². The lowest BCUT2D eigenvalue weighted by Crippen LogP contribution is -2.31. The van der Waals surface area contributed by atoms with Crippen LogP contribution < -0.4 is 15.8 Å². The van der Waals surface area contributed by atoms with Crippen molar-refractivity contribution >= 4 is 27.3 Å². The molecule has 3 N–H and O–H groups in total. The molecule has 2 aromatic rings. The van der Waals surface area contributed by atoms with Gasteiger partial charge in [-0.2, -0.15) is 4.31 Å². The normalized spacial score (nSPS) is 11.4. The molecule has 146 valence electrons. The zero-order valence-corrected chi connectivity index (χ0v) is 16.5. The van der Waals surface area contributed by atoms with Crippen LogP contribution in [0, 0.1) is 0 Å². The van der Waals surface area contributed by atoms with E-state index in [1.807, 2.05) is 0 Å². The molecule has 0 spiro atoms. The van der Waals surface area contributed by atoms with Crippen molar-refractivity contribution in [2.75, 3.05) is 30.7 Å². The Hall–Kier alpha value is -2.58. The Morgan fingerprint density at radius 1 is 1.07 bits per heavy atom. The first-order valence-corrected chi connectivity index (χ1v) is 10.2. The zero-order valence-electron chi connectivity index (χ0n) is 15.7. The predicted molar refractivity (Wildman–Crippen MR) is 107 cm³/mol. The number of hydrogen-bond acceptors (Lipinski definition) is 5. The van der Waals surface area contributed by atoms with E-state index in [0.717, 1.165) is 0 Å². The van der Waals surface area contributed by atoms with Gasteiger partial charge in [0, 0.05) is 30.0 Å². The summed E-state index contributed by atoms with van der Waals surface area (Å²) in [5, 5.41) is 2.72. The largest absolute Gasteiger partial charge is 0.492 e. The number of rotatable bonds is 8. The van der Waals surface area contributed by atoms with Gasteiger partial charge in [0.05, 0.1) is 6.61 Å². The summed E-state index contributed by atoms with van der Waals surface area (Å²) in [5.74, 6) is -0.0970. The lowest BCUT2D eigenvalue weighted by Gasteiger charge is -2.21. The maximum absolute atomic E-state index is 13.0. The summed E-state index contributed by atoms with van der Waals surface area (Å²) in [6.45, 7) is 6.34. The number of benzene rings is 2. The second kappa shape index (κ2) is 8.88. The van der Waals surface area contributed by atoms with Crippen LogP contribution in [0.5, 0.6) is 5.75 Å². The summed E-state index contributed by atoms with van der Waals surface area (Å²) < 4.78 is 32.7. The van der Waals surface area contributed by atoms with E-state index in [4.69, 9.17) is 10.5 Å². The van der Waals surface area contributed by atoms with Crippen molar-refractivity contribution in [3.63, 3.8) is 0 Å². The van der Waals surface area contributed by atoms with Gasteiger partial charge < -0.3 is 15.8 Å². The molecule has 0 bridgehead atoms. The summed E-state index contributed by atoms with van der Waals surface area (Å²) >= 11 is 0. The SMILES string of the molecule is CCOc1ccc(NC(=O)c2ccc(N)cc2)cc1S(=O)(=O)N(CC)CC. The fourth-order valence-corrected chi connectivity index (χ4v) is 4.22. The first-order valence-electron chi connectivity index (χ1n) is 8.77. The molecule has 0 fully saturated rings. The third kappa shape index (κ3) is 4.78. The van der Waals surface area contributed by atoms with Gasteiger partial charge in [-0.15, -0.1) is 0 Å². The van der Waals surface area contributed by atoms with Crippen LogP contribution >= 0.6 is 0 Å².